The average Bonchev–Trinajstić information content (AvgIpc) is 2.19. The van der Waals surface area contributed by atoms with Crippen LogP contribution in [0.4, 0.5) is 0 Å². The van der Waals surface area contributed by atoms with E-state index in [1.165, 1.54) is 6.20 Å². The highest BCUT2D eigenvalue weighted by Crippen LogP contribution is 2.23. The molecule has 0 radical (unpaired) electrons. The van der Waals surface area contributed by atoms with E-state index in [0.29, 0.717) is 0 Å². The Balaban J connectivity index is 2.44. The lowest BCUT2D eigenvalue weighted by Crippen LogP contribution is -1.79. The molecule has 0 spiro atoms. The molecule has 1 N–H and O–H groups in total. The topological polar surface area (TPSA) is 33.1 Å². The lowest BCUT2D eigenvalue weighted by atomic mass is 10.1. The number of nitrogens with zero attached hydrogens (tertiary/aromatic N) is 1. The summed E-state index contributed by atoms with van der Waals surface area (Å²) in [6, 6.07) is 9.55. The molecule has 1 aromatic heterocycles. The van der Waals surface area contributed by atoms with Crippen LogP contribution in [0.2, 0.25) is 0 Å². The molecule has 70 valence electrons. The largest absolute Gasteiger partial charge is 0.506 e. The van der Waals surface area contributed by atoms with Gasteiger partial charge < -0.3 is 5.11 Å². The zero-order valence-corrected chi connectivity index (χ0v) is 8.90. The number of hydrogen-bond donors (Lipinski definition) is 1. The Morgan fingerprint density at radius 2 is 1.71 bits per heavy atom. The van der Waals surface area contributed by atoms with Gasteiger partial charge in [0.2, 0.25) is 0 Å². The first-order chi connectivity index (χ1) is 6.75. The van der Waals surface area contributed by atoms with Crippen LogP contribution in [0.15, 0.2) is 47.2 Å². The van der Waals surface area contributed by atoms with Crippen molar-refractivity contribution in [3.8, 4) is 16.9 Å². The van der Waals surface area contributed by atoms with Crippen molar-refractivity contribution in [2.24, 2.45) is 0 Å². The van der Waals surface area contributed by atoms with Crippen molar-refractivity contribution >= 4 is 15.9 Å². The van der Waals surface area contributed by atoms with E-state index in [0.717, 1.165) is 15.6 Å². The summed E-state index contributed by atoms with van der Waals surface area (Å²) in [7, 11) is 0. The van der Waals surface area contributed by atoms with Gasteiger partial charge in [-0.15, -0.1) is 0 Å². The zero-order chi connectivity index (χ0) is 9.97. The third-order valence-electron chi connectivity index (χ3n) is 1.90. The van der Waals surface area contributed by atoms with E-state index < -0.39 is 0 Å². The van der Waals surface area contributed by atoms with E-state index in [4.69, 9.17) is 0 Å². The first-order valence-electron chi connectivity index (χ1n) is 4.16. The molecular weight excluding hydrogens is 242 g/mol. The van der Waals surface area contributed by atoms with E-state index in [9.17, 15) is 5.11 Å². The minimum Gasteiger partial charge on any atom is -0.506 e. The Labute approximate surface area is 90.4 Å². The summed E-state index contributed by atoms with van der Waals surface area (Å²) in [5, 5.41) is 9.26. The molecule has 2 aromatic rings. The molecular formula is C11H8BrNO. The fourth-order valence-electron chi connectivity index (χ4n) is 1.23. The summed E-state index contributed by atoms with van der Waals surface area (Å²) in [5.74, 6) is 0.186. The van der Waals surface area contributed by atoms with Gasteiger partial charge in [0.15, 0.2) is 0 Å². The Hall–Kier alpha value is -1.35. The van der Waals surface area contributed by atoms with Crippen molar-refractivity contribution in [3.63, 3.8) is 0 Å². The van der Waals surface area contributed by atoms with E-state index >= 15 is 0 Å². The van der Waals surface area contributed by atoms with Crippen molar-refractivity contribution < 1.29 is 5.11 Å². The van der Waals surface area contributed by atoms with E-state index in [-0.39, 0.29) is 5.75 Å². The third-order valence-corrected chi connectivity index (χ3v) is 2.43. The van der Waals surface area contributed by atoms with Gasteiger partial charge in [0.05, 0.1) is 6.20 Å². The number of aromatic hydroxyl groups is 1. The highest BCUT2D eigenvalue weighted by atomic mass is 79.9. The summed E-state index contributed by atoms with van der Waals surface area (Å²) in [6.45, 7) is 0. The van der Waals surface area contributed by atoms with Crippen LogP contribution in [0.1, 0.15) is 0 Å². The number of benzene rings is 1. The molecule has 0 aliphatic carbocycles. The molecule has 0 atom stereocenters. The number of aromatic nitrogens is 1. The smallest absolute Gasteiger partial charge is 0.134 e. The number of halogens is 1. The third kappa shape index (κ3) is 1.93. The predicted molar refractivity (Wildman–Crippen MR) is 59.0 cm³/mol. The second kappa shape index (κ2) is 3.80. The zero-order valence-electron chi connectivity index (χ0n) is 7.31. The summed E-state index contributed by atoms with van der Waals surface area (Å²) in [4.78, 5) is 3.92. The van der Waals surface area contributed by atoms with Crippen LogP contribution in [0.25, 0.3) is 11.1 Å². The molecule has 14 heavy (non-hydrogen) atoms. The van der Waals surface area contributed by atoms with E-state index in [2.05, 4.69) is 20.9 Å². The van der Waals surface area contributed by atoms with Crippen LogP contribution in [0.5, 0.6) is 5.75 Å². The standard InChI is InChI=1S/C11H8BrNO/c12-10-3-1-8(2-4-10)9-5-11(14)7-13-6-9/h1-7,14H. The lowest BCUT2D eigenvalue weighted by Gasteiger charge is -2.01. The van der Waals surface area contributed by atoms with Gasteiger partial charge in [-0.2, -0.15) is 0 Å². The Bertz CT molecular complexity index is 439. The van der Waals surface area contributed by atoms with Gasteiger partial charge >= 0.3 is 0 Å². The van der Waals surface area contributed by atoms with Crippen LogP contribution in [0.3, 0.4) is 0 Å². The minimum absolute atomic E-state index is 0.186. The molecule has 2 rings (SSSR count). The summed E-state index contributed by atoms with van der Waals surface area (Å²) in [6.07, 6.45) is 3.14. The fourth-order valence-corrected chi connectivity index (χ4v) is 1.49. The summed E-state index contributed by atoms with van der Waals surface area (Å²) >= 11 is 3.37. The van der Waals surface area contributed by atoms with Crippen molar-refractivity contribution in [1.82, 2.24) is 4.98 Å². The van der Waals surface area contributed by atoms with Crippen molar-refractivity contribution in [3.05, 3.63) is 47.2 Å². The Kier molecular flexibility index (Phi) is 2.50. The van der Waals surface area contributed by atoms with Gasteiger partial charge in [0, 0.05) is 16.2 Å². The molecule has 0 fully saturated rings. The van der Waals surface area contributed by atoms with Crippen LogP contribution >= 0.6 is 15.9 Å². The normalized spacial score (nSPS) is 10.1. The molecule has 0 unspecified atom stereocenters. The van der Waals surface area contributed by atoms with Crippen LogP contribution in [-0.2, 0) is 0 Å². The van der Waals surface area contributed by atoms with E-state index in [1.807, 2.05) is 24.3 Å². The van der Waals surface area contributed by atoms with Crippen molar-refractivity contribution in [2.75, 3.05) is 0 Å². The maximum atomic E-state index is 9.26. The van der Waals surface area contributed by atoms with Crippen molar-refractivity contribution in [1.29, 1.82) is 0 Å². The first kappa shape index (κ1) is 9.21. The van der Waals surface area contributed by atoms with Gasteiger partial charge in [-0.05, 0) is 23.8 Å². The maximum absolute atomic E-state index is 9.26. The molecule has 2 nitrogen and oxygen atoms in total. The number of hydrogen-bond acceptors (Lipinski definition) is 2. The second-order valence-electron chi connectivity index (χ2n) is 2.94. The number of rotatable bonds is 1. The quantitative estimate of drug-likeness (QED) is 0.842. The fraction of sp³-hybridized carbons (Fsp3) is 0. The van der Waals surface area contributed by atoms with Gasteiger partial charge in [0.25, 0.3) is 0 Å². The predicted octanol–water partition coefficient (Wildman–Crippen LogP) is 3.22. The highest BCUT2D eigenvalue weighted by Gasteiger charge is 1.98. The molecule has 0 amide bonds. The maximum Gasteiger partial charge on any atom is 0.134 e. The van der Waals surface area contributed by atoms with Crippen LogP contribution in [-0.4, -0.2) is 10.1 Å². The van der Waals surface area contributed by atoms with Gasteiger partial charge in [-0.25, -0.2) is 0 Å². The molecule has 0 aliphatic heterocycles. The molecule has 0 bridgehead atoms. The highest BCUT2D eigenvalue weighted by molar-refractivity contribution is 9.10. The van der Waals surface area contributed by atoms with Gasteiger partial charge in [-0.3, -0.25) is 4.98 Å². The first-order valence-corrected chi connectivity index (χ1v) is 4.95. The van der Waals surface area contributed by atoms with Gasteiger partial charge in [-0.1, -0.05) is 28.1 Å². The van der Waals surface area contributed by atoms with Crippen LogP contribution in [0, 0.1) is 0 Å². The minimum atomic E-state index is 0.186. The molecule has 3 heteroatoms. The van der Waals surface area contributed by atoms with Crippen LogP contribution < -0.4 is 0 Å². The molecule has 0 saturated heterocycles. The average molecular weight is 250 g/mol. The van der Waals surface area contributed by atoms with E-state index in [1.54, 1.807) is 12.3 Å². The lowest BCUT2D eigenvalue weighted by molar-refractivity contribution is 0.473. The summed E-state index contributed by atoms with van der Waals surface area (Å²) in [5.41, 5.74) is 1.95. The second-order valence-corrected chi connectivity index (χ2v) is 3.85. The Morgan fingerprint density at radius 3 is 2.36 bits per heavy atom. The van der Waals surface area contributed by atoms with Crippen molar-refractivity contribution in [2.45, 2.75) is 0 Å². The molecule has 0 saturated carbocycles. The SMILES string of the molecule is Oc1cncc(-c2ccc(Br)cc2)c1. The monoisotopic (exact) mass is 249 g/mol. The van der Waals surface area contributed by atoms with Gasteiger partial charge in [0.1, 0.15) is 5.75 Å². The molecule has 1 heterocycles. The Morgan fingerprint density at radius 1 is 1.00 bits per heavy atom. The number of pyridine rings is 1. The summed E-state index contributed by atoms with van der Waals surface area (Å²) < 4.78 is 1.04. The molecule has 0 aliphatic rings. The molecule has 1 aromatic carbocycles.